The molecule has 8 heteroatoms. The normalized spacial score (nSPS) is 18.5. The summed E-state index contributed by atoms with van der Waals surface area (Å²) >= 11 is 0. The highest BCUT2D eigenvalue weighted by atomic mass is 35.5. The molecule has 1 aromatic rings. The van der Waals surface area contributed by atoms with Gasteiger partial charge in [-0.25, -0.2) is 0 Å². The number of likely N-dealkylation sites (N-methyl/N-ethyl adjacent to an activating group) is 1. The number of amides is 2. The summed E-state index contributed by atoms with van der Waals surface area (Å²) < 4.78 is 0. The van der Waals surface area contributed by atoms with E-state index in [0.29, 0.717) is 18.0 Å². The number of benzene rings is 1. The number of hydrogen-bond donors (Lipinski definition) is 2. The third kappa shape index (κ3) is 6.07. The van der Waals surface area contributed by atoms with Crippen LogP contribution >= 0.6 is 24.8 Å². The summed E-state index contributed by atoms with van der Waals surface area (Å²) in [6, 6.07) is 7.58. The fourth-order valence-electron chi connectivity index (χ4n) is 3.19. The monoisotopic (exact) mass is 416 g/mol. The lowest BCUT2D eigenvalue weighted by molar-refractivity contribution is -0.126. The zero-order valence-corrected chi connectivity index (χ0v) is 17.6. The van der Waals surface area contributed by atoms with Gasteiger partial charge in [0.1, 0.15) is 0 Å². The summed E-state index contributed by atoms with van der Waals surface area (Å²) in [7, 11) is 2.08. The first-order chi connectivity index (χ1) is 12.0. The first-order valence-corrected chi connectivity index (χ1v) is 9.10. The quantitative estimate of drug-likeness (QED) is 0.760. The SMILES string of the molecule is CC(C(=O)NCc1ccc(C(=O)N2CCN(C)CC2)cc1)C1CNC1.Cl.Cl. The fourth-order valence-corrected chi connectivity index (χ4v) is 3.19. The van der Waals surface area contributed by atoms with Crippen LogP contribution in [0.15, 0.2) is 24.3 Å². The summed E-state index contributed by atoms with van der Waals surface area (Å²) in [6.07, 6.45) is 0. The van der Waals surface area contributed by atoms with Crippen molar-refractivity contribution in [3.63, 3.8) is 0 Å². The molecule has 1 unspecified atom stereocenters. The maximum absolute atomic E-state index is 12.5. The van der Waals surface area contributed by atoms with E-state index in [1.807, 2.05) is 36.1 Å². The zero-order valence-electron chi connectivity index (χ0n) is 15.9. The lowest BCUT2D eigenvalue weighted by atomic mass is 9.88. The Bertz CT molecular complexity index is 615. The Morgan fingerprint density at radius 3 is 2.22 bits per heavy atom. The molecule has 1 atom stereocenters. The summed E-state index contributed by atoms with van der Waals surface area (Å²) in [6.45, 7) is 7.75. The van der Waals surface area contributed by atoms with Gasteiger partial charge in [-0.3, -0.25) is 9.59 Å². The van der Waals surface area contributed by atoms with Gasteiger partial charge in [0.25, 0.3) is 5.91 Å². The van der Waals surface area contributed by atoms with Gasteiger partial charge in [0.15, 0.2) is 0 Å². The molecule has 0 aliphatic carbocycles. The Hall–Kier alpha value is -1.34. The molecule has 27 heavy (non-hydrogen) atoms. The molecule has 2 amide bonds. The summed E-state index contributed by atoms with van der Waals surface area (Å²) in [5.41, 5.74) is 1.73. The second-order valence-electron chi connectivity index (χ2n) is 7.22. The van der Waals surface area contributed by atoms with Crippen molar-refractivity contribution in [1.82, 2.24) is 20.4 Å². The van der Waals surface area contributed by atoms with Gasteiger partial charge in [0.2, 0.25) is 5.91 Å². The number of halogens is 2. The minimum atomic E-state index is 0. The van der Waals surface area contributed by atoms with E-state index in [-0.39, 0.29) is 42.5 Å². The number of carbonyl (C=O) groups excluding carboxylic acids is 2. The van der Waals surface area contributed by atoms with Gasteiger partial charge in [0, 0.05) is 44.2 Å². The standard InChI is InChI=1S/C19H28N4O2.2ClH/c1-14(17-12-20-13-17)18(24)21-11-15-3-5-16(6-4-15)19(25)23-9-7-22(2)8-10-23;;/h3-6,14,17,20H,7-13H2,1-2H3,(H,21,24);2*1H. The zero-order chi connectivity index (χ0) is 17.8. The van der Waals surface area contributed by atoms with E-state index in [4.69, 9.17) is 0 Å². The topological polar surface area (TPSA) is 64.7 Å². The van der Waals surface area contributed by atoms with Crippen LogP contribution in [-0.2, 0) is 11.3 Å². The van der Waals surface area contributed by atoms with Crippen LogP contribution in [0.25, 0.3) is 0 Å². The molecule has 6 nitrogen and oxygen atoms in total. The minimum absolute atomic E-state index is 0. The van der Waals surface area contributed by atoms with Crippen molar-refractivity contribution in [2.75, 3.05) is 46.3 Å². The predicted molar refractivity (Wildman–Crippen MR) is 112 cm³/mol. The lowest BCUT2D eigenvalue weighted by Gasteiger charge is -2.32. The van der Waals surface area contributed by atoms with E-state index < -0.39 is 0 Å². The Balaban J connectivity index is 0.00000182. The number of piperazine rings is 1. The maximum atomic E-state index is 12.5. The Labute approximate surface area is 173 Å². The van der Waals surface area contributed by atoms with Gasteiger partial charge in [0.05, 0.1) is 0 Å². The van der Waals surface area contributed by atoms with Crippen molar-refractivity contribution in [1.29, 1.82) is 0 Å². The van der Waals surface area contributed by atoms with Crippen LogP contribution in [-0.4, -0.2) is 67.9 Å². The van der Waals surface area contributed by atoms with Crippen molar-refractivity contribution < 1.29 is 9.59 Å². The van der Waals surface area contributed by atoms with E-state index >= 15 is 0 Å². The highest BCUT2D eigenvalue weighted by Gasteiger charge is 2.28. The van der Waals surface area contributed by atoms with Crippen LogP contribution in [0.2, 0.25) is 0 Å². The molecule has 1 aromatic carbocycles. The van der Waals surface area contributed by atoms with Crippen molar-refractivity contribution in [3.05, 3.63) is 35.4 Å². The van der Waals surface area contributed by atoms with Gasteiger partial charge >= 0.3 is 0 Å². The summed E-state index contributed by atoms with van der Waals surface area (Å²) in [4.78, 5) is 28.8. The number of nitrogens with zero attached hydrogens (tertiary/aromatic N) is 2. The van der Waals surface area contributed by atoms with Crippen molar-refractivity contribution in [3.8, 4) is 0 Å². The molecule has 0 bridgehead atoms. The second kappa shape index (κ2) is 10.9. The van der Waals surface area contributed by atoms with E-state index in [1.165, 1.54) is 0 Å². The molecule has 2 fully saturated rings. The van der Waals surface area contributed by atoms with Crippen LogP contribution < -0.4 is 10.6 Å². The Kier molecular flexibility index (Phi) is 9.53. The first-order valence-electron chi connectivity index (χ1n) is 9.10. The van der Waals surface area contributed by atoms with Gasteiger partial charge < -0.3 is 20.4 Å². The van der Waals surface area contributed by atoms with Crippen LogP contribution in [0, 0.1) is 11.8 Å². The number of carbonyl (C=O) groups is 2. The highest BCUT2D eigenvalue weighted by molar-refractivity contribution is 5.94. The first kappa shape index (κ1) is 23.7. The molecule has 2 saturated heterocycles. The Morgan fingerprint density at radius 2 is 1.70 bits per heavy atom. The lowest BCUT2D eigenvalue weighted by Crippen LogP contribution is -2.49. The van der Waals surface area contributed by atoms with Crippen LogP contribution in [0.3, 0.4) is 0 Å². The minimum Gasteiger partial charge on any atom is -0.352 e. The molecule has 0 spiro atoms. The maximum Gasteiger partial charge on any atom is 0.253 e. The van der Waals surface area contributed by atoms with Gasteiger partial charge in [-0.2, -0.15) is 0 Å². The average molecular weight is 417 g/mol. The molecule has 2 N–H and O–H groups in total. The Morgan fingerprint density at radius 1 is 1.11 bits per heavy atom. The second-order valence-corrected chi connectivity index (χ2v) is 7.22. The van der Waals surface area contributed by atoms with Crippen LogP contribution in [0.4, 0.5) is 0 Å². The highest BCUT2D eigenvalue weighted by Crippen LogP contribution is 2.16. The summed E-state index contributed by atoms with van der Waals surface area (Å²) in [5, 5.41) is 6.20. The number of rotatable bonds is 5. The van der Waals surface area contributed by atoms with E-state index in [0.717, 1.165) is 44.8 Å². The molecule has 2 aliphatic heterocycles. The smallest absolute Gasteiger partial charge is 0.253 e. The molecule has 0 saturated carbocycles. The largest absolute Gasteiger partial charge is 0.352 e. The van der Waals surface area contributed by atoms with Crippen LogP contribution in [0.5, 0.6) is 0 Å². The third-order valence-electron chi connectivity index (χ3n) is 5.39. The number of hydrogen-bond acceptors (Lipinski definition) is 4. The summed E-state index contributed by atoms with van der Waals surface area (Å²) in [5.74, 6) is 0.682. The fraction of sp³-hybridized carbons (Fsp3) is 0.579. The molecule has 152 valence electrons. The third-order valence-corrected chi connectivity index (χ3v) is 5.39. The van der Waals surface area contributed by atoms with Crippen molar-refractivity contribution in [2.24, 2.45) is 11.8 Å². The predicted octanol–water partition coefficient (Wildman–Crippen LogP) is 1.39. The van der Waals surface area contributed by atoms with Gasteiger partial charge in [-0.05, 0) is 43.8 Å². The average Bonchev–Trinajstić information content (AvgIpc) is 2.58. The molecular formula is C19H30Cl2N4O2. The molecule has 0 aromatic heterocycles. The molecule has 2 heterocycles. The van der Waals surface area contributed by atoms with Gasteiger partial charge in [-0.15, -0.1) is 24.8 Å². The van der Waals surface area contributed by atoms with Gasteiger partial charge in [-0.1, -0.05) is 19.1 Å². The van der Waals surface area contributed by atoms with Crippen LogP contribution in [0.1, 0.15) is 22.8 Å². The number of nitrogens with one attached hydrogen (secondary N) is 2. The molecule has 2 aliphatic rings. The van der Waals surface area contributed by atoms with Crippen molar-refractivity contribution >= 4 is 36.6 Å². The van der Waals surface area contributed by atoms with E-state index in [9.17, 15) is 9.59 Å². The van der Waals surface area contributed by atoms with Crippen molar-refractivity contribution in [2.45, 2.75) is 13.5 Å². The molecule has 0 radical (unpaired) electrons. The van der Waals surface area contributed by atoms with E-state index in [1.54, 1.807) is 0 Å². The molecular weight excluding hydrogens is 387 g/mol. The van der Waals surface area contributed by atoms with E-state index in [2.05, 4.69) is 22.6 Å². The molecule has 3 rings (SSSR count).